The van der Waals surface area contributed by atoms with Gasteiger partial charge in [-0.15, -0.1) is 0 Å². The molecule has 15 nitrogen and oxygen atoms in total. The smallest absolute Gasteiger partial charge is 0.311 e. The monoisotopic (exact) mass is 789 g/mol. The highest BCUT2D eigenvalue weighted by Crippen LogP contribution is 2.41. The SMILES string of the molecule is CCC(=O)O[C@H]1[C@@H](O[C@@H]2[C@@H](C)[C@H](O[C@@H]3C[C@](C)(OC)[C@H](O)[C@@H](C)O3)[C@@H](C)C(=O)O[C@H](CC)[C@@](C)(O)[C@H](O)[C@@H](C)C(=O)[C@H](C)C[C@]2(C)O)O[C@H](C)C[C@@H]1N(C)C. The molecule has 3 aliphatic rings. The van der Waals surface area contributed by atoms with Crippen LogP contribution < -0.4 is 0 Å². The fraction of sp³-hybridized carbons (Fsp3) is 0.925. The van der Waals surface area contributed by atoms with E-state index >= 15 is 0 Å². The second-order valence-electron chi connectivity index (χ2n) is 17.3. The lowest BCUT2D eigenvalue weighted by molar-refractivity contribution is -0.319. The van der Waals surface area contributed by atoms with Crippen molar-refractivity contribution in [1.82, 2.24) is 4.90 Å². The summed E-state index contributed by atoms with van der Waals surface area (Å²) >= 11 is 0. The van der Waals surface area contributed by atoms with Crippen molar-refractivity contribution < 1.29 is 68.0 Å². The van der Waals surface area contributed by atoms with E-state index in [1.54, 1.807) is 48.5 Å². The molecular formula is C40H71NO14. The topological polar surface area (TPSA) is 200 Å². The number of methoxy groups -OCH3 is 1. The number of hydrogen-bond acceptors (Lipinski definition) is 15. The van der Waals surface area contributed by atoms with E-state index in [4.69, 9.17) is 33.2 Å². The van der Waals surface area contributed by atoms with Crippen LogP contribution in [0.2, 0.25) is 0 Å². The average Bonchev–Trinajstić information content (AvgIpc) is 3.11. The van der Waals surface area contributed by atoms with Gasteiger partial charge in [-0.2, -0.15) is 0 Å². The lowest BCUT2D eigenvalue weighted by Crippen LogP contribution is -2.61. The normalized spacial score (nSPS) is 46.9. The number of aliphatic hydroxyl groups is 4. The number of carbonyl (C=O) groups excluding carboxylic acids is 3. The minimum atomic E-state index is -2.01. The van der Waals surface area contributed by atoms with Gasteiger partial charge in [0, 0.05) is 37.7 Å². The maximum absolute atomic E-state index is 14.2. The van der Waals surface area contributed by atoms with Gasteiger partial charge in [0.2, 0.25) is 0 Å². The third kappa shape index (κ3) is 10.6. The molecule has 3 fully saturated rings. The number of cyclic esters (lactones) is 1. The van der Waals surface area contributed by atoms with Crippen molar-refractivity contribution in [1.29, 1.82) is 0 Å². The van der Waals surface area contributed by atoms with Gasteiger partial charge in [0.05, 0.1) is 53.7 Å². The zero-order chi connectivity index (χ0) is 42.0. The molecule has 3 rings (SSSR count). The molecule has 0 radical (unpaired) electrons. The highest BCUT2D eigenvalue weighted by Gasteiger charge is 2.54. The Labute approximate surface area is 327 Å². The molecule has 320 valence electrons. The van der Waals surface area contributed by atoms with Crippen LogP contribution >= 0.6 is 0 Å². The number of carbonyl (C=O) groups is 3. The van der Waals surface area contributed by atoms with Gasteiger partial charge in [-0.3, -0.25) is 14.4 Å². The predicted molar refractivity (Wildman–Crippen MR) is 200 cm³/mol. The van der Waals surface area contributed by atoms with Crippen LogP contribution in [0.3, 0.4) is 0 Å². The number of rotatable bonds is 9. The molecule has 3 saturated heterocycles. The lowest BCUT2D eigenvalue weighted by Gasteiger charge is -2.49. The van der Waals surface area contributed by atoms with Crippen LogP contribution in [0.5, 0.6) is 0 Å². The Balaban J connectivity index is 2.24. The van der Waals surface area contributed by atoms with Gasteiger partial charge in [-0.05, 0) is 74.9 Å². The Morgan fingerprint density at radius 2 is 1.51 bits per heavy atom. The van der Waals surface area contributed by atoms with Gasteiger partial charge in [0.25, 0.3) is 0 Å². The minimum absolute atomic E-state index is 0.0760. The van der Waals surface area contributed by atoms with Crippen molar-refractivity contribution >= 4 is 17.7 Å². The molecule has 3 aliphatic heterocycles. The van der Waals surface area contributed by atoms with Gasteiger partial charge in [0.1, 0.15) is 23.6 Å². The first kappa shape index (κ1) is 47.6. The molecule has 0 amide bonds. The summed E-state index contributed by atoms with van der Waals surface area (Å²) in [6.07, 6.45) is -9.68. The molecule has 4 N–H and O–H groups in total. The summed E-state index contributed by atoms with van der Waals surface area (Å²) < 4.78 is 43.6. The number of hydrogen-bond donors (Lipinski definition) is 4. The Bertz CT molecular complexity index is 1290. The highest BCUT2D eigenvalue weighted by molar-refractivity contribution is 5.83. The zero-order valence-electron chi connectivity index (χ0n) is 35.5. The van der Waals surface area contributed by atoms with Crippen LogP contribution in [-0.2, 0) is 47.5 Å². The summed E-state index contributed by atoms with van der Waals surface area (Å²) in [7, 11) is 5.21. The van der Waals surface area contributed by atoms with E-state index in [0.717, 1.165) is 0 Å². The molecule has 15 heteroatoms. The minimum Gasteiger partial charge on any atom is -0.459 e. The van der Waals surface area contributed by atoms with Gasteiger partial charge in [-0.1, -0.05) is 34.6 Å². The van der Waals surface area contributed by atoms with E-state index in [9.17, 15) is 34.8 Å². The van der Waals surface area contributed by atoms with Crippen molar-refractivity contribution in [3.8, 4) is 0 Å². The quantitative estimate of drug-likeness (QED) is 0.249. The van der Waals surface area contributed by atoms with E-state index in [-0.39, 0.29) is 37.8 Å². The van der Waals surface area contributed by atoms with Crippen LogP contribution in [0.4, 0.5) is 0 Å². The van der Waals surface area contributed by atoms with Crippen LogP contribution in [0, 0.1) is 23.7 Å². The Morgan fingerprint density at radius 3 is 2.05 bits per heavy atom. The molecule has 0 spiro atoms. The number of ketones is 1. The maximum atomic E-state index is 14.2. The molecular weight excluding hydrogens is 718 g/mol. The molecule has 3 heterocycles. The molecule has 0 bridgehead atoms. The van der Waals surface area contributed by atoms with Crippen molar-refractivity contribution in [3.05, 3.63) is 0 Å². The van der Waals surface area contributed by atoms with Gasteiger partial charge >= 0.3 is 11.9 Å². The molecule has 0 unspecified atom stereocenters. The van der Waals surface area contributed by atoms with Crippen LogP contribution in [-0.4, -0.2) is 149 Å². The molecule has 18 atom stereocenters. The zero-order valence-corrected chi connectivity index (χ0v) is 35.5. The van der Waals surface area contributed by atoms with Crippen LogP contribution in [0.25, 0.3) is 0 Å². The number of esters is 2. The highest BCUT2D eigenvalue weighted by atomic mass is 16.7. The molecule has 0 aromatic rings. The second-order valence-corrected chi connectivity index (χ2v) is 17.3. The van der Waals surface area contributed by atoms with Crippen molar-refractivity contribution in [3.63, 3.8) is 0 Å². The van der Waals surface area contributed by atoms with Gasteiger partial charge < -0.3 is 58.5 Å². The van der Waals surface area contributed by atoms with E-state index < -0.39 is 114 Å². The molecule has 55 heavy (non-hydrogen) atoms. The number of Topliss-reactive ketones (excluding diaryl/α,β-unsaturated/α-hetero) is 1. The summed E-state index contributed by atoms with van der Waals surface area (Å²) in [6.45, 7) is 18.0. The predicted octanol–water partition coefficient (Wildman–Crippen LogP) is 2.75. The average molecular weight is 790 g/mol. The summed E-state index contributed by atoms with van der Waals surface area (Å²) in [5.41, 5.74) is -4.92. The molecule has 0 aromatic carbocycles. The Kier molecular flexibility index (Phi) is 16.3. The van der Waals surface area contributed by atoms with Gasteiger partial charge in [0.15, 0.2) is 18.7 Å². The van der Waals surface area contributed by atoms with E-state index in [2.05, 4.69) is 0 Å². The third-order valence-corrected chi connectivity index (χ3v) is 12.4. The first-order chi connectivity index (χ1) is 25.4. The number of likely N-dealkylation sites (N-methyl/N-ethyl adjacent to an activating group) is 1. The third-order valence-electron chi connectivity index (χ3n) is 12.4. The summed E-state index contributed by atoms with van der Waals surface area (Å²) in [5.74, 6) is -5.59. The summed E-state index contributed by atoms with van der Waals surface area (Å²) in [6, 6.07) is -0.319. The van der Waals surface area contributed by atoms with E-state index in [1.807, 2.05) is 25.9 Å². The summed E-state index contributed by atoms with van der Waals surface area (Å²) in [4.78, 5) is 42.9. The van der Waals surface area contributed by atoms with Crippen molar-refractivity contribution in [2.45, 2.75) is 193 Å². The first-order valence-corrected chi connectivity index (χ1v) is 19.9. The standard InChI is InChI=1S/C40H71NO14/c1-15-27-40(11,48)33(44)22(5)30(43)20(3)18-38(9,47)35(55-37-32(53-28(42)16-2)26(41(12)13)17-21(4)50-37)23(6)31(24(7)36(46)52-27)54-29-19-39(10,49-14)34(45)25(8)51-29/h20-27,29,31-35,37,44-45,47-48H,15-19H2,1-14H3/t20-,21-,22+,23+,24-,25-,26+,27-,29-,31+,32-,33-,34-,35-,37-,38+,39+,40-/m1/s1. The number of nitrogens with zero attached hydrogens (tertiary/aromatic N) is 1. The van der Waals surface area contributed by atoms with E-state index in [1.165, 1.54) is 27.9 Å². The maximum Gasteiger partial charge on any atom is 0.311 e. The largest absolute Gasteiger partial charge is 0.459 e. The Morgan fingerprint density at radius 1 is 0.891 bits per heavy atom. The number of aliphatic hydroxyl groups excluding tert-OH is 2. The number of ether oxygens (including phenoxy) is 7. The first-order valence-electron chi connectivity index (χ1n) is 19.9. The van der Waals surface area contributed by atoms with Crippen LogP contribution in [0.15, 0.2) is 0 Å². The lowest BCUT2D eigenvalue weighted by atomic mass is 9.74. The fourth-order valence-corrected chi connectivity index (χ4v) is 8.76. The summed E-state index contributed by atoms with van der Waals surface area (Å²) in [5, 5.41) is 46.6. The fourth-order valence-electron chi connectivity index (χ4n) is 8.76. The van der Waals surface area contributed by atoms with Gasteiger partial charge in [-0.25, -0.2) is 0 Å². The van der Waals surface area contributed by atoms with Crippen LogP contribution in [0.1, 0.15) is 108 Å². The van der Waals surface area contributed by atoms with Crippen molar-refractivity contribution in [2.24, 2.45) is 23.7 Å². The second kappa shape index (κ2) is 18.9. The van der Waals surface area contributed by atoms with E-state index in [0.29, 0.717) is 6.42 Å². The van der Waals surface area contributed by atoms with Crippen molar-refractivity contribution in [2.75, 3.05) is 21.2 Å². The Hall–Kier alpha value is -1.79. The molecule has 0 aliphatic carbocycles. The molecule has 0 aromatic heterocycles. The molecule has 0 saturated carbocycles.